The van der Waals surface area contributed by atoms with Crippen LogP contribution >= 0.6 is 0 Å². The molecule has 0 bridgehead atoms. The molecule has 2 saturated heterocycles. The zero-order valence-electron chi connectivity index (χ0n) is 12.9. The number of nitrogens with zero attached hydrogens (tertiary/aromatic N) is 2. The maximum atomic E-state index is 12.3. The normalized spacial score (nSPS) is 25.0. The summed E-state index contributed by atoms with van der Waals surface area (Å²) in [7, 11) is 0. The van der Waals surface area contributed by atoms with Gasteiger partial charge in [-0.25, -0.2) is 5.06 Å². The lowest BCUT2D eigenvalue weighted by atomic mass is 9.90. The molecular formula is C17H13N3O5. The van der Waals surface area contributed by atoms with Crippen LogP contribution in [0, 0.1) is 16.0 Å². The van der Waals surface area contributed by atoms with Crippen molar-refractivity contribution in [2.75, 3.05) is 5.06 Å². The number of nitro groups is 1. The predicted molar refractivity (Wildman–Crippen MR) is 86.3 cm³/mol. The Balaban J connectivity index is 1.78. The number of hydroxylamine groups is 1. The largest absolute Gasteiger partial charge is 0.294 e. The fraction of sp³-hybridized carbons (Fsp3) is 0.176. The van der Waals surface area contributed by atoms with Gasteiger partial charge in [0.1, 0.15) is 5.92 Å². The minimum absolute atomic E-state index is 0.0440. The van der Waals surface area contributed by atoms with Crippen LogP contribution in [0.25, 0.3) is 0 Å². The van der Waals surface area contributed by atoms with Crippen LogP contribution in [0.3, 0.4) is 0 Å². The van der Waals surface area contributed by atoms with Crippen molar-refractivity contribution in [2.45, 2.75) is 12.1 Å². The number of amides is 2. The summed E-state index contributed by atoms with van der Waals surface area (Å²) in [6.07, 6.45) is -0.909. The predicted octanol–water partition coefficient (Wildman–Crippen LogP) is 1.73. The highest BCUT2D eigenvalue weighted by Crippen LogP contribution is 2.44. The number of nitrogens with one attached hydrogen (secondary N) is 1. The van der Waals surface area contributed by atoms with Gasteiger partial charge in [-0.1, -0.05) is 30.3 Å². The molecule has 2 aromatic rings. The molecule has 25 heavy (non-hydrogen) atoms. The number of carbonyl (C=O) groups is 2. The van der Waals surface area contributed by atoms with E-state index in [1.807, 2.05) is 30.3 Å². The van der Waals surface area contributed by atoms with Gasteiger partial charge in [0.15, 0.2) is 6.10 Å². The van der Waals surface area contributed by atoms with Gasteiger partial charge in [-0.15, -0.1) is 0 Å². The Morgan fingerprint density at radius 2 is 1.68 bits per heavy atom. The first-order valence-electron chi connectivity index (χ1n) is 7.66. The molecule has 2 heterocycles. The number of rotatable bonds is 3. The zero-order chi connectivity index (χ0) is 17.6. The van der Waals surface area contributed by atoms with Crippen molar-refractivity contribution in [3.8, 4) is 0 Å². The van der Waals surface area contributed by atoms with E-state index in [2.05, 4.69) is 5.32 Å². The number of benzene rings is 2. The van der Waals surface area contributed by atoms with Crippen molar-refractivity contribution < 1.29 is 19.3 Å². The highest BCUT2D eigenvalue weighted by molar-refractivity contribution is 6.07. The van der Waals surface area contributed by atoms with Gasteiger partial charge in [-0.05, 0) is 17.7 Å². The monoisotopic (exact) mass is 339 g/mol. The fourth-order valence-corrected chi connectivity index (χ4v) is 3.26. The van der Waals surface area contributed by atoms with Crippen molar-refractivity contribution in [3.63, 3.8) is 0 Å². The second kappa shape index (κ2) is 5.67. The summed E-state index contributed by atoms with van der Waals surface area (Å²) >= 11 is 0. The van der Waals surface area contributed by atoms with Gasteiger partial charge in [0.2, 0.25) is 5.91 Å². The van der Waals surface area contributed by atoms with E-state index in [-0.39, 0.29) is 5.69 Å². The van der Waals surface area contributed by atoms with E-state index in [0.717, 1.165) is 0 Å². The van der Waals surface area contributed by atoms with E-state index in [1.165, 1.54) is 17.2 Å². The zero-order valence-corrected chi connectivity index (χ0v) is 12.9. The molecule has 2 aliphatic rings. The van der Waals surface area contributed by atoms with E-state index < -0.39 is 34.8 Å². The molecule has 126 valence electrons. The van der Waals surface area contributed by atoms with Crippen molar-refractivity contribution in [3.05, 3.63) is 70.3 Å². The van der Waals surface area contributed by atoms with Crippen molar-refractivity contribution in [1.82, 2.24) is 5.32 Å². The minimum Gasteiger partial charge on any atom is -0.294 e. The third-order valence-electron chi connectivity index (χ3n) is 4.41. The molecule has 2 aliphatic heterocycles. The quantitative estimate of drug-likeness (QED) is 0.519. The van der Waals surface area contributed by atoms with E-state index in [0.29, 0.717) is 11.3 Å². The number of anilines is 1. The topological polar surface area (TPSA) is 102 Å². The number of hydrogen-bond donors (Lipinski definition) is 1. The molecule has 0 aromatic heterocycles. The Hall–Kier alpha value is -3.26. The molecule has 0 aliphatic carbocycles. The molecule has 0 radical (unpaired) electrons. The van der Waals surface area contributed by atoms with E-state index in [9.17, 15) is 19.7 Å². The van der Waals surface area contributed by atoms with Crippen molar-refractivity contribution in [1.29, 1.82) is 0 Å². The highest BCUT2D eigenvalue weighted by atomic mass is 16.7. The summed E-state index contributed by atoms with van der Waals surface area (Å²) in [6.45, 7) is 0. The number of hydrogen-bond acceptors (Lipinski definition) is 6. The molecule has 1 N–H and O–H groups in total. The lowest BCUT2D eigenvalue weighted by Crippen LogP contribution is -2.33. The van der Waals surface area contributed by atoms with Gasteiger partial charge in [0.05, 0.1) is 16.7 Å². The van der Waals surface area contributed by atoms with Gasteiger partial charge in [0, 0.05) is 12.1 Å². The molecule has 3 atom stereocenters. The molecular weight excluding hydrogens is 326 g/mol. The molecule has 4 rings (SSSR count). The summed E-state index contributed by atoms with van der Waals surface area (Å²) in [4.78, 5) is 40.4. The van der Waals surface area contributed by atoms with Crippen LogP contribution in [0.1, 0.15) is 11.6 Å². The number of fused-ring (bicyclic) bond motifs is 1. The average Bonchev–Trinajstić information content (AvgIpc) is 3.14. The Kier molecular flexibility index (Phi) is 3.47. The third kappa shape index (κ3) is 2.43. The Bertz CT molecular complexity index is 852. The van der Waals surface area contributed by atoms with E-state index in [4.69, 9.17) is 4.84 Å². The number of carbonyl (C=O) groups excluding carboxylic acids is 2. The summed E-state index contributed by atoms with van der Waals surface area (Å²) in [5, 5.41) is 14.7. The number of para-hydroxylation sites is 1. The summed E-state index contributed by atoms with van der Waals surface area (Å²) < 4.78 is 0. The van der Waals surface area contributed by atoms with Crippen LogP contribution in [-0.2, 0) is 14.4 Å². The molecule has 0 saturated carbocycles. The highest BCUT2D eigenvalue weighted by Gasteiger charge is 2.56. The molecule has 8 heteroatoms. The second-order valence-corrected chi connectivity index (χ2v) is 5.86. The van der Waals surface area contributed by atoms with Crippen LogP contribution in [0.5, 0.6) is 0 Å². The molecule has 8 nitrogen and oxygen atoms in total. The van der Waals surface area contributed by atoms with Gasteiger partial charge in [-0.3, -0.25) is 29.9 Å². The van der Waals surface area contributed by atoms with E-state index >= 15 is 0 Å². The maximum absolute atomic E-state index is 12.3. The molecule has 3 unspecified atom stereocenters. The minimum atomic E-state index is -0.909. The van der Waals surface area contributed by atoms with Gasteiger partial charge >= 0.3 is 0 Å². The first-order chi connectivity index (χ1) is 12.1. The number of imide groups is 1. The summed E-state index contributed by atoms with van der Waals surface area (Å²) in [5.74, 6) is -1.59. The van der Waals surface area contributed by atoms with Gasteiger partial charge in [0.25, 0.3) is 11.6 Å². The van der Waals surface area contributed by atoms with Crippen molar-refractivity contribution in [2.24, 2.45) is 5.92 Å². The Morgan fingerprint density at radius 3 is 2.32 bits per heavy atom. The van der Waals surface area contributed by atoms with Crippen LogP contribution in [0.4, 0.5) is 11.4 Å². The second-order valence-electron chi connectivity index (χ2n) is 5.86. The van der Waals surface area contributed by atoms with Crippen LogP contribution in [0.15, 0.2) is 54.6 Å². The first-order valence-corrected chi connectivity index (χ1v) is 7.66. The third-order valence-corrected chi connectivity index (χ3v) is 4.41. The number of non-ortho nitro benzene ring substituents is 1. The van der Waals surface area contributed by atoms with Crippen LogP contribution in [0.2, 0.25) is 0 Å². The SMILES string of the molecule is O=C1NC(=O)C2C1ON(c1ccccc1)C2c1ccc([N+](=O)[O-])cc1. The van der Waals surface area contributed by atoms with Crippen LogP contribution < -0.4 is 10.4 Å². The molecule has 2 aromatic carbocycles. The average molecular weight is 339 g/mol. The van der Waals surface area contributed by atoms with Crippen molar-refractivity contribution >= 4 is 23.2 Å². The maximum Gasteiger partial charge on any atom is 0.269 e. The standard InChI is InChI=1S/C17H13N3O5/c21-16-13-14(10-6-8-12(9-7-10)20(23)24)19(11-4-2-1-3-5-11)25-15(13)17(22)18-16/h1-9,13-15H,(H,18,21,22). The summed E-state index contributed by atoms with van der Waals surface area (Å²) in [6, 6.07) is 14.5. The first kappa shape index (κ1) is 15.3. The number of nitro benzene ring substituents is 1. The van der Waals surface area contributed by atoms with Crippen LogP contribution in [-0.4, -0.2) is 22.8 Å². The Morgan fingerprint density at radius 1 is 1.00 bits per heavy atom. The molecule has 2 amide bonds. The summed E-state index contributed by atoms with van der Waals surface area (Å²) in [5.41, 5.74) is 1.31. The van der Waals surface area contributed by atoms with E-state index in [1.54, 1.807) is 12.1 Å². The molecule has 0 spiro atoms. The lowest BCUT2D eigenvalue weighted by Gasteiger charge is -2.27. The smallest absolute Gasteiger partial charge is 0.269 e. The van der Waals surface area contributed by atoms with Gasteiger partial charge < -0.3 is 0 Å². The van der Waals surface area contributed by atoms with Gasteiger partial charge in [-0.2, -0.15) is 0 Å². The lowest BCUT2D eigenvalue weighted by molar-refractivity contribution is -0.384. The fourth-order valence-electron chi connectivity index (χ4n) is 3.26. The Labute approximate surface area is 142 Å². The molecule has 2 fully saturated rings.